The molecule has 4 heteroatoms. The first kappa shape index (κ1) is 11.7. The minimum Gasteiger partial charge on any atom is -0.369 e. The van der Waals surface area contributed by atoms with Gasteiger partial charge in [0.25, 0.3) is 0 Å². The molecule has 0 amide bonds. The van der Waals surface area contributed by atoms with Crippen LogP contribution in [0.3, 0.4) is 0 Å². The number of nitrogens with zero attached hydrogens (tertiary/aromatic N) is 2. The molecule has 1 aliphatic heterocycles. The molecular weight excluding hydrogens is 244 g/mol. The van der Waals surface area contributed by atoms with Crippen LogP contribution in [0, 0.1) is 6.92 Å². The summed E-state index contributed by atoms with van der Waals surface area (Å²) in [5, 5.41) is 2.11. The molecule has 1 fully saturated rings. The Kier molecular flexibility index (Phi) is 3.30. The molecule has 0 saturated carbocycles. The van der Waals surface area contributed by atoms with Crippen molar-refractivity contribution in [3.05, 3.63) is 46.4 Å². The molecule has 0 N–H and O–H groups in total. The van der Waals surface area contributed by atoms with Gasteiger partial charge in [-0.2, -0.15) is 0 Å². The molecule has 1 atom stereocenters. The lowest BCUT2D eigenvalue weighted by molar-refractivity contribution is 0.0421. The molecule has 0 bridgehead atoms. The van der Waals surface area contributed by atoms with Crippen LogP contribution in [0.15, 0.2) is 35.8 Å². The lowest BCUT2D eigenvalue weighted by atomic mass is 10.2. The molecule has 18 heavy (non-hydrogen) atoms. The summed E-state index contributed by atoms with van der Waals surface area (Å²) in [6.45, 7) is 4.68. The summed E-state index contributed by atoms with van der Waals surface area (Å²) in [6.07, 6.45) is 2.08. The Balaban J connectivity index is 1.78. The van der Waals surface area contributed by atoms with Crippen molar-refractivity contribution in [2.75, 3.05) is 24.6 Å². The fourth-order valence-electron chi connectivity index (χ4n) is 2.26. The Morgan fingerprint density at radius 3 is 3.17 bits per heavy atom. The van der Waals surface area contributed by atoms with Crippen molar-refractivity contribution in [2.24, 2.45) is 0 Å². The van der Waals surface area contributed by atoms with Gasteiger partial charge in [0.2, 0.25) is 0 Å². The highest BCUT2D eigenvalue weighted by Gasteiger charge is 2.22. The summed E-state index contributed by atoms with van der Waals surface area (Å²) >= 11 is 1.77. The zero-order chi connectivity index (χ0) is 12.4. The molecule has 0 spiro atoms. The third-order valence-electron chi connectivity index (χ3n) is 3.17. The fraction of sp³-hybridized carbons (Fsp3) is 0.357. The monoisotopic (exact) mass is 260 g/mol. The number of thiophene rings is 1. The van der Waals surface area contributed by atoms with Crippen molar-refractivity contribution in [3.63, 3.8) is 0 Å². The van der Waals surface area contributed by atoms with Crippen LogP contribution in [0.2, 0.25) is 0 Å². The highest BCUT2D eigenvalue weighted by atomic mass is 32.1. The van der Waals surface area contributed by atoms with Crippen molar-refractivity contribution >= 4 is 17.0 Å². The summed E-state index contributed by atoms with van der Waals surface area (Å²) in [7, 11) is 0. The van der Waals surface area contributed by atoms with E-state index in [1.54, 1.807) is 11.3 Å². The molecule has 94 valence electrons. The molecule has 3 heterocycles. The van der Waals surface area contributed by atoms with Gasteiger partial charge in [0.15, 0.2) is 0 Å². The van der Waals surface area contributed by atoms with Crippen LogP contribution < -0.4 is 4.90 Å². The standard InChI is InChI=1S/C14H16N2OS/c1-11-9-12(4-5-15-11)16-6-7-17-13(10-16)14-3-2-8-18-14/h2-5,8-9,13H,6-7,10H2,1H3/t13-/m0/s1. The average molecular weight is 260 g/mol. The second-order valence-electron chi connectivity index (χ2n) is 4.48. The summed E-state index contributed by atoms with van der Waals surface area (Å²) in [5.74, 6) is 0. The van der Waals surface area contributed by atoms with Gasteiger partial charge in [-0.3, -0.25) is 4.98 Å². The molecule has 3 nitrogen and oxygen atoms in total. The summed E-state index contributed by atoms with van der Waals surface area (Å²) in [5.41, 5.74) is 2.30. The van der Waals surface area contributed by atoms with Crippen LogP contribution in [0.5, 0.6) is 0 Å². The predicted molar refractivity (Wildman–Crippen MR) is 74.2 cm³/mol. The molecule has 0 unspecified atom stereocenters. The van der Waals surface area contributed by atoms with E-state index in [4.69, 9.17) is 4.74 Å². The Hall–Kier alpha value is -1.39. The van der Waals surface area contributed by atoms with E-state index in [0.717, 1.165) is 25.4 Å². The predicted octanol–water partition coefficient (Wildman–Crippen LogP) is 3.03. The highest BCUT2D eigenvalue weighted by molar-refractivity contribution is 7.10. The smallest absolute Gasteiger partial charge is 0.109 e. The molecule has 3 rings (SSSR count). The maximum Gasteiger partial charge on any atom is 0.109 e. The van der Waals surface area contributed by atoms with Crippen molar-refractivity contribution in [1.29, 1.82) is 0 Å². The Labute approximate surface area is 111 Å². The zero-order valence-electron chi connectivity index (χ0n) is 10.4. The number of rotatable bonds is 2. The number of pyridine rings is 1. The van der Waals surface area contributed by atoms with Gasteiger partial charge in [0, 0.05) is 35.5 Å². The number of aryl methyl sites for hydroxylation is 1. The number of morpholine rings is 1. The molecule has 1 aliphatic rings. The second kappa shape index (κ2) is 5.08. The summed E-state index contributed by atoms with van der Waals surface area (Å²) < 4.78 is 5.86. The summed E-state index contributed by atoms with van der Waals surface area (Å²) in [4.78, 5) is 7.94. The van der Waals surface area contributed by atoms with E-state index in [2.05, 4.69) is 39.5 Å². The van der Waals surface area contributed by atoms with Gasteiger partial charge < -0.3 is 9.64 Å². The fourth-order valence-corrected chi connectivity index (χ4v) is 3.02. The van der Waals surface area contributed by atoms with Crippen molar-refractivity contribution < 1.29 is 4.74 Å². The van der Waals surface area contributed by atoms with Crippen LogP contribution in [-0.4, -0.2) is 24.7 Å². The van der Waals surface area contributed by atoms with Gasteiger partial charge in [-0.1, -0.05) is 6.07 Å². The Morgan fingerprint density at radius 1 is 1.44 bits per heavy atom. The topological polar surface area (TPSA) is 25.4 Å². The van der Waals surface area contributed by atoms with Crippen LogP contribution >= 0.6 is 11.3 Å². The number of hydrogen-bond donors (Lipinski definition) is 0. The number of aromatic nitrogens is 1. The Morgan fingerprint density at radius 2 is 2.39 bits per heavy atom. The van der Waals surface area contributed by atoms with E-state index in [1.165, 1.54) is 10.6 Å². The Bertz CT molecular complexity index is 512. The highest BCUT2D eigenvalue weighted by Crippen LogP contribution is 2.28. The third-order valence-corrected chi connectivity index (χ3v) is 4.14. The van der Waals surface area contributed by atoms with Crippen LogP contribution in [-0.2, 0) is 4.74 Å². The van der Waals surface area contributed by atoms with Crippen LogP contribution in [0.25, 0.3) is 0 Å². The quantitative estimate of drug-likeness (QED) is 0.830. The lowest BCUT2D eigenvalue weighted by Crippen LogP contribution is -2.38. The first-order chi connectivity index (χ1) is 8.83. The van der Waals surface area contributed by atoms with E-state index >= 15 is 0 Å². The maximum atomic E-state index is 5.86. The minimum absolute atomic E-state index is 0.201. The van der Waals surface area contributed by atoms with Gasteiger partial charge >= 0.3 is 0 Å². The average Bonchev–Trinajstić information content (AvgIpc) is 2.93. The van der Waals surface area contributed by atoms with Gasteiger partial charge in [-0.15, -0.1) is 11.3 Å². The minimum atomic E-state index is 0.201. The van der Waals surface area contributed by atoms with E-state index in [9.17, 15) is 0 Å². The molecule has 2 aromatic heterocycles. The van der Waals surface area contributed by atoms with Crippen LogP contribution in [0.1, 0.15) is 16.7 Å². The molecule has 1 saturated heterocycles. The number of anilines is 1. The number of ether oxygens (including phenoxy) is 1. The van der Waals surface area contributed by atoms with Crippen molar-refractivity contribution in [3.8, 4) is 0 Å². The first-order valence-electron chi connectivity index (χ1n) is 6.15. The number of hydrogen-bond acceptors (Lipinski definition) is 4. The molecule has 2 aromatic rings. The van der Waals surface area contributed by atoms with Gasteiger partial charge in [-0.05, 0) is 30.5 Å². The third kappa shape index (κ3) is 2.40. The van der Waals surface area contributed by atoms with E-state index in [1.807, 2.05) is 13.1 Å². The van der Waals surface area contributed by atoms with Gasteiger partial charge in [0.1, 0.15) is 6.10 Å². The van der Waals surface area contributed by atoms with Gasteiger partial charge in [0.05, 0.1) is 6.61 Å². The first-order valence-corrected chi connectivity index (χ1v) is 7.03. The SMILES string of the molecule is Cc1cc(N2CCO[C@H](c3cccs3)C2)ccn1. The maximum absolute atomic E-state index is 5.86. The largest absolute Gasteiger partial charge is 0.369 e. The summed E-state index contributed by atoms with van der Waals surface area (Å²) in [6, 6.07) is 8.44. The lowest BCUT2D eigenvalue weighted by Gasteiger charge is -2.34. The molecule has 0 radical (unpaired) electrons. The van der Waals surface area contributed by atoms with Crippen molar-refractivity contribution in [2.45, 2.75) is 13.0 Å². The van der Waals surface area contributed by atoms with E-state index < -0.39 is 0 Å². The van der Waals surface area contributed by atoms with Gasteiger partial charge in [-0.25, -0.2) is 0 Å². The van der Waals surface area contributed by atoms with E-state index in [0.29, 0.717) is 0 Å². The second-order valence-corrected chi connectivity index (χ2v) is 5.46. The molecular formula is C14H16N2OS. The van der Waals surface area contributed by atoms with E-state index in [-0.39, 0.29) is 6.10 Å². The van der Waals surface area contributed by atoms with Crippen molar-refractivity contribution in [1.82, 2.24) is 4.98 Å². The zero-order valence-corrected chi connectivity index (χ0v) is 11.2. The normalized spacial score (nSPS) is 20.1. The molecule has 0 aliphatic carbocycles. The molecule has 0 aromatic carbocycles. The van der Waals surface area contributed by atoms with Crippen LogP contribution in [0.4, 0.5) is 5.69 Å².